The van der Waals surface area contributed by atoms with Gasteiger partial charge in [0.25, 0.3) is 5.91 Å². The number of carbonyl (C=O) groups is 1. The first kappa shape index (κ1) is 17.9. The molecule has 0 radical (unpaired) electrons. The standard InChI is InChI=1S/C19H16BrN3O3/c1-13(14-5-3-2-4-6-14)22-23-19(24)12-25-17-8-7-15(20)11-16(17)18-9-10-21-26-18/h2-11H,12H2,1H3,(H,23,24)/b22-13-. The summed E-state index contributed by atoms with van der Waals surface area (Å²) in [6.07, 6.45) is 1.55. The Morgan fingerprint density at radius 3 is 2.77 bits per heavy atom. The highest BCUT2D eigenvalue weighted by Crippen LogP contribution is 2.32. The molecule has 0 spiro atoms. The number of aromatic nitrogens is 1. The normalized spacial score (nSPS) is 11.2. The maximum atomic E-state index is 12.0. The number of ether oxygens (including phenoxy) is 1. The van der Waals surface area contributed by atoms with Crippen LogP contribution in [0.25, 0.3) is 11.3 Å². The first-order valence-corrected chi connectivity index (χ1v) is 8.65. The lowest BCUT2D eigenvalue weighted by Crippen LogP contribution is -2.25. The Balaban J connectivity index is 1.63. The summed E-state index contributed by atoms with van der Waals surface area (Å²) >= 11 is 3.41. The molecule has 0 fully saturated rings. The molecular formula is C19H16BrN3O3. The Hall–Kier alpha value is -2.93. The van der Waals surface area contributed by atoms with E-state index in [0.29, 0.717) is 22.8 Å². The third kappa shape index (κ3) is 4.58. The summed E-state index contributed by atoms with van der Waals surface area (Å²) < 4.78 is 11.7. The molecule has 0 unspecified atom stereocenters. The number of nitrogens with one attached hydrogen (secondary N) is 1. The summed E-state index contributed by atoms with van der Waals surface area (Å²) in [5.41, 5.74) is 4.85. The first-order valence-electron chi connectivity index (χ1n) is 7.85. The van der Waals surface area contributed by atoms with Crippen LogP contribution in [0.1, 0.15) is 12.5 Å². The molecule has 0 atom stereocenters. The van der Waals surface area contributed by atoms with Gasteiger partial charge in [0, 0.05) is 10.5 Å². The van der Waals surface area contributed by atoms with Crippen molar-refractivity contribution in [1.82, 2.24) is 10.6 Å². The highest BCUT2D eigenvalue weighted by Gasteiger charge is 2.12. The van der Waals surface area contributed by atoms with Gasteiger partial charge in [-0.2, -0.15) is 5.10 Å². The van der Waals surface area contributed by atoms with Gasteiger partial charge < -0.3 is 9.26 Å². The van der Waals surface area contributed by atoms with Gasteiger partial charge in [0.1, 0.15) is 5.75 Å². The highest BCUT2D eigenvalue weighted by atomic mass is 79.9. The molecule has 1 amide bonds. The van der Waals surface area contributed by atoms with Gasteiger partial charge in [-0.25, -0.2) is 5.43 Å². The second-order valence-electron chi connectivity index (χ2n) is 5.40. The topological polar surface area (TPSA) is 76.7 Å². The van der Waals surface area contributed by atoms with Gasteiger partial charge in [-0.15, -0.1) is 0 Å². The lowest BCUT2D eigenvalue weighted by molar-refractivity contribution is -0.123. The van der Waals surface area contributed by atoms with Gasteiger partial charge in [-0.1, -0.05) is 51.4 Å². The molecule has 1 heterocycles. The molecule has 7 heteroatoms. The molecule has 0 aliphatic carbocycles. The average molecular weight is 414 g/mol. The Kier molecular flexibility index (Phi) is 5.80. The Morgan fingerprint density at radius 2 is 2.04 bits per heavy atom. The lowest BCUT2D eigenvalue weighted by atomic mass is 10.1. The van der Waals surface area contributed by atoms with Crippen LogP contribution in [0.4, 0.5) is 0 Å². The molecule has 1 aromatic heterocycles. The van der Waals surface area contributed by atoms with Crippen LogP contribution in [0.2, 0.25) is 0 Å². The van der Waals surface area contributed by atoms with Crippen LogP contribution in [0.15, 0.2) is 74.9 Å². The molecule has 0 bridgehead atoms. The molecule has 26 heavy (non-hydrogen) atoms. The number of halogens is 1. The van der Waals surface area contributed by atoms with Gasteiger partial charge in [-0.05, 0) is 30.7 Å². The molecule has 0 aliphatic rings. The second-order valence-corrected chi connectivity index (χ2v) is 6.32. The molecule has 6 nitrogen and oxygen atoms in total. The minimum Gasteiger partial charge on any atom is -0.483 e. The molecule has 1 N–H and O–H groups in total. The van der Waals surface area contributed by atoms with Crippen LogP contribution >= 0.6 is 15.9 Å². The van der Waals surface area contributed by atoms with Gasteiger partial charge in [0.05, 0.1) is 17.5 Å². The van der Waals surface area contributed by atoms with Gasteiger partial charge in [-0.3, -0.25) is 4.79 Å². The average Bonchev–Trinajstić information content (AvgIpc) is 3.20. The van der Waals surface area contributed by atoms with Crippen molar-refractivity contribution in [3.63, 3.8) is 0 Å². The maximum absolute atomic E-state index is 12.0. The predicted octanol–water partition coefficient (Wildman–Crippen LogP) is 4.02. The highest BCUT2D eigenvalue weighted by molar-refractivity contribution is 9.10. The molecule has 0 saturated carbocycles. The van der Waals surface area contributed by atoms with Crippen molar-refractivity contribution in [2.45, 2.75) is 6.92 Å². The maximum Gasteiger partial charge on any atom is 0.277 e. The van der Waals surface area contributed by atoms with E-state index >= 15 is 0 Å². The summed E-state index contributed by atoms with van der Waals surface area (Å²) in [4.78, 5) is 12.0. The van der Waals surface area contributed by atoms with Crippen LogP contribution in [0, 0.1) is 0 Å². The Bertz CT molecular complexity index is 909. The van der Waals surface area contributed by atoms with Crippen molar-refractivity contribution in [2.24, 2.45) is 5.10 Å². The number of hydrogen-bond acceptors (Lipinski definition) is 5. The largest absolute Gasteiger partial charge is 0.483 e. The minimum atomic E-state index is -0.355. The predicted molar refractivity (Wildman–Crippen MR) is 102 cm³/mol. The Labute approximate surface area is 159 Å². The second kappa shape index (κ2) is 8.44. The minimum absolute atomic E-state index is 0.172. The molecule has 132 valence electrons. The molecular weight excluding hydrogens is 398 g/mol. The number of benzene rings is 2. The van der Waals surface area contributed by atoms with E-state index in [9.17, 15) is 4.79 Å². The van der Waals surface area contributed by atoms with E-state index < -0.39 is 0 Å². The van der Waals surface area contributed by atoms with Gasteiger partial charge >= 0.3 is 0 Å². The smallest absolute Gasteiger partial charge is 0.277 e. The first-order chi connectivity index (χ1) is 12.6. The zero-order valence-electron chi connectivity index (χ0n) is 14.0. The number of carbonyl (C=O) groups excluding carboxylic acids is 1. The molecule has 0 saturated heterocycles. The van der Waals surface area contributed by atoms with E-state index in [4.69, 9.17) is 9.26 Å². The molecule has 3 rings (SSSR count). The van der Waals surface area contributed by atoms with Crippen molar-refractivity contribution in [1.29, 1.82) is 0 Å². The molecule has 3 aromatic rings. The van der Waals surface area contributed by atoms with Crippen molar-refractivity contribution in [3.8, 4) is 17.1 Å². The van der Waals surface area contributed by atoms with Crippen molar-refractivity contribution in [3.05, 3.63) is 70.8 Å². The summed E-state index contributed by atoms with van der Waals surface area (Å²) in [6, 6.07) is 16.7. The zero-order valence-corrected chi connectivity index (χ0v) is 15.6. The van der Waals surface area contributed by atoms with Crippen LogP contribution in [-0.4, -0.2) is 23.4 Å². The third-order valence-electron chi connectivity index (χ3n) is 3.54. The number of amides is 1. The summed E-state index contributed by atoms with van der Waals surface area (Å²) in [5.74, 6) is 0.718. The van der Waals surface area contributed by atoms with Crippen LogP contribution < -0.4 is 10.2 Å². The summed E-state index contributed by atoms with van der Waals surface area (Å²) in [7, 11) is 0. The van der Waals surface area contributed by atoms with Crippen LogP contribution in [0.5, 0.6) is 5.75 Å². The van der Waals surface area contributed by atoms with Crippen LogP contribution in [-0.2, 0) is 4.79 Å². The molecule has 0 aliphatic heterocycles. The van der Waals surface area contributed by atoms with Crippen LogP contribution in [0.3, 0.4) is 0 Å². The third-order valence-corrected chi connectivity index (χ3v) is 4.04. The number of hydrogen-bond donors (Lipinski definition) is 1. The Morgan fingerprint density at radius 1 is 1.23 bits per heavy atom. The fourth-order valence-corrected chi connectivity index (χ4v) is 2.60. The fourth-order valence-electron chi connectivity index (χ4n) is 2.24. The fraction of sp³-hybridized carbons (Fsp3) is 0.105. The zero-order chi connectivity index (χ0) is 18.4. The van der Waals surface area contributed by atoms with E-state index in [1.54, 1.807) is 18.3 Å². The molecule has 2 aromatic carbocycles. The number of hydrazone groups is 1. The number of nitrogens with zero attached hydrogens (tertiary/aromatic N) is 2. The number of rotatable bonds is 6. The van der Waals surface area contributed by atoms with Gasteiger partial charge in [0.2, 0.25) is 0 Å². The van der Waals surface area contributed by atoms with Crippen molar-refractivity contribution < 1.29 is 14.1 Å². The van der Waals surface area contributed by atoms with Crippen molar-refractivity contribution >= 4 is 27.5 Å². The van der Waals surface area contributed by atoms with E-state index in [1.807, 2.05) is 49.4 Å². The van der Waals surface area contributed by atoms with Gasteiger partial charge in [0.15, 0.2) is 12.4 Å². The summed E-state index contributed by atoms with van der Waals surface area (Å²) in [6.45, 7) is 1.65. The summed E-state index contributed by atoms with van der Waals surface area (Å²) in [5, 5.41) is 7.79. The van der Waals surface area contributed by atoms with E-state index in [0.717, 1.165) is 10.0 Å². The quantitative estimate of drug-likeness (QED) is 0.488. The SMILES string of the molecule is C/C(=N/NC(=O)COc1ccc(Br)cc1-c1ccno1)c1ccccc1. The van der Waals surface area contributed by atoms with E-state index in [1.165, 1.54) is 0 Å². The lowest BCUT2D eigenvalue weighted by Gasteiger charge is -2.09. The van der Waals surface area contributed by atoms with Crippen molar-refractivity contribution in [2.75, 3.05) is 6.61 Å². The monoisotopic (exact) mass is 413 g/mol. The van der Waals surface area contributed by atoms with E-state index in [2.05, 4.69) is 31.6 Å². The van der Waals surface area contributed by atoms with E-state index in [-0.39, 0.29) is 12.5 Å².